The van der Waals surface area contributed by atoms with E-state index in [0.29, 0.717) is 32.0 Å². The molecule has 0 bridgehead atoms. The van der Waals surface area contributed by atoms with E-state index in [-0.39, 0.29) is 11.5 Å². The molecule has 2 aromatic heterocycles. The number of rotatable bonds is 6. The number of benzene rings is 3. The van der Waals surface area contributed by atoms with Gasteiger partial charge in [-0.15, -0.1) is 0 Å². The van der Waals surface area contributed by atoms with Gasteiger partial charge in [0.1, 0.15) is 5.75 Å². The molecule has 3 aromatic carbocycles. The average molecular weight is 603 g/mol. The van der Waals surface area contributed by atoms with Gasteiger partial charge in [0.25, 0.3) is 11.5 Å². The number of carbonyl (C=O) groups is 1. The first-order chi connectivity index (χ1) is 21.2. The minimum atomic E-state index is -0.662. The third-order valence-electron chi connectivity index (χ3n) is 8.15. The summed E-state index contributed by atoms with van der Waals surface area (Å²) in [5.74, 6) is 0.390. The number of aryl methyl sites for hydroxylation is 3. The SMILES string of the molecule is COc1ccc([C@H]2C(C(=O)Nc3ccccc3)=C(C)N=c3s/c(=C/c4cc(C)n(-c5c(C)cccc5C)c4C)c(=O)n32)cc1. The van der Waals surface area contributed by atoms with Crippen molar-refractivity contribution in [3.63, 3.8) is 0 Å². The van der Waals surface area contributed by atoms with Crippen molar-refractivity contribution in [2.45, 2.75) is 40.7 Å². The van der Waals surface area contributed by atoms with Crippen molar-refractivity contribution in [2.24, 2.45) is 4.99 Å². The monoisotopic (exact) mass is 602 g/mol. The molecule has 1 aliphatic heterocycles. The Morgan fingerprint density at radius 2 is 1.61 bits per heavy atom. The second-order valence-electron chi connectivity index (χ2n) is 11.1. The van der Waals surface area contributed by atoms with Crippen LogP contribution < -0.4 is 24.9 Å². The molecule has 5 aromatic rings. The van der Waals surface area contributed by atoms with Crippen molar-refractivity contribution < 1.29 is 9.53 Å². The molecule has 222 valence electrons. The molecule has 0 unspecified atom stereocenters. The molecule has 1 amide bonds. The van der Waals surface area contributed by atoms with Gasteiger partial charge in [0, 0.05) is 17.1 Å². The van der Waals surface area contributed by atoms with Gasteiger partial charge in [0.05, 0.1) is 34.6 Å². The van der Waals surface area contributed by atoms with Gasteiger partial charge in [-0.1, -0.05) is 59.9 Å². The summed E-state index contributed by atoms with van der Waals surface area (Å²) >= 11 is 1.34. The fourth-order valence-electron chi connectivity index (χ4n) is 6.01. The standard InChI is InChI=1S/C36H34N4O3S/c1-21-11-10-12-22(2)32(21)39-23(3)19-27(25(39)5)20-30-35(42)40-33(26-15-17-29(43-6)18-16-26)31(24(4)37-36(40)44-30)34(41)38-28-13-8-7-9-14-28/h7-20,33H,1-6H3,(H,38,41)/b30-20+/t33-/m0/s1. The Kier molecular flexibility index (Phi) is 7.69. The molecule has 1 aliphatic rings. The number of anilines is 1. The number of nitrogens with zero attached hydrogens (tertiary/aromatic N) is 3. The van der Waals surface area contributed by atoms with Crippen molar-refractivity contribution in [2.75, 3.05) is 12.4 Å². The molecule has 1 atom stereocenters. The topological polar surface area (TPSA) is 77.6 Å². The number of thiazole rings is 1. The van der Waals surface area contributed by atoms with E-state index < -0.39 is 6.04 Å². The second kappa shape index (κ2) is 11.6. The molecule has 0 saturated heterocycles. The third kappa shape index (κ3) is 5.11. The van der Waals surface area contributed by atoms with Crippen LogP contribution in [0.15, 0.2) is 99.9 Å². The molecule has 3 heterocycles. The Morgan fingerprint density at radius 1 is 0.932 bits per heavy atom. The zero-order valence-electron chi connectivity index (χ0n) is 25.6. The summed E-state index contributed by atoms with van der Waals surface area (Å²) in [7, 11) is 1.61. The fraction of sp³-hybridized carbons (Fsp3) is 0.194. The highest BCUT2D eigenvalue weighted by molar-refractivity contribution is 7.07. The Labute approximate surface area is 260 Å². The Morgan fingerprint density at radius 3 is 2.27 bits per heavy atom. The van der Waals surface area contributed by atoms with Crippen LogP contribution in [0.1, 0.15) is 46.6 Å². The van der Waals surface area contributed by atoms with E-state index in [0.717, 1.165) is 28.2 Å². The normalized spacial score (nSPS) is 14.8. The van der Waals surface area contributed by atoms with Crippen LogP contribution in [0.2, 0.25) is 0 Å². The summed E-state index contributed by atoms with van der Waals surface area (Å²) in [6, 6.07) is 24.5. The predicted octanol–water partition coefficient (Wildman–Crippen LogP) is 5.91. The lowest BCUT2D eigenvalue weighted by Gasteiger charge is -2.25. The largest absolute Gasteiger partial charge is 0.497 e. The minimum absolute atomic E-state index is 0.191. The zero-order chi connectivity index (χ0) is 31.1. The summed E-state index contributed by atoms with van der Waals surface area (Å²) in [5, 5.41) is 3.00. The maximum absolute atomic E-state index is 14.2. The number of fused-ring (bicyclic) bond motifs is 1. The Hall–Kier alpha value is -4.95. The molecular formula is C36H34N4O3S. The lowest BCUT2D eigenvalue weighted by Crippen LogP contribution is -2.40. The number of allylic oxidation sites excluding steroid dienone is 1. The van der Waals surface area contributed by atoms with Gasteiger partial charge in [0.2, 0.25) is 0 Å². The van der Waals surface area contributed by atoms with Crippen molar-refractivity contribution in [3.8, 4) is 11.4 Å². The highest BCUT2D eigenvalue weighted by Crippen LogP contribution is 2.32. The molecular weight excluding hydrogens is 568 g/mol. The summed E-state index contributed by atoms with van der Waals surface area (Å²) in [6.07, 6.45) is 1.95. The fourth-order valence-corrected chi connectivity index (χ4v) is 7.05. The van der Waals surface area contributed by atoms with E-state index in [2.05, 4.69) is 61.8 Å². The molecule has 1 N–H and O–H groups in total. The number of amides is 1. The van der Waals surface area contributed by atoms with Crippen molar-refractivity contribution in [1.82, 2.24) is 9.13 Å². The van der Waals surface area contributed by atoms with Gasteiger partial charge in [-0.25, -0.2) is 4.99 Å². The van der Waals surface area contributed by atoms with E-state index >= 15 is 0 Å². The van der Waals surface area contributed by atoms with Crippen molar-refractivity contribution in [1.29, 1.82) is 0 Å². The van der Waals surface area contributed by atoms with Gasteiger partial charge in [0.15, 0.2) is 4.80 Å². The van der Waals surface area contributed by atoms with Crippen LogP contribution in [0, 0.1) is 27.7 Å². The van der Waals surface area contributed by atoms with E-state index in [1.165, 1.54) is 22.5 Å². The van der Waals surface area contributed by atoms with Gasteiger partial charge in [-0.2, -0.15) is 0 Å². The minimum Gasteiger partial charge on any atom is -0.497 e. The third-order valence-corrected chi connectivity index (χ3v) is 9.13. The summed E-state index contributed by atoms with van der Waals surface area (Å²) in [5.41, 5.74) is 8.91. The van der Waals surface area contributed by atoms with Gasteiger partial charge < -0.3 is 14.6 Å². The first kappa shape index (κ1) is 29.1. The molecule has 8 heteroatoms. The summed E-state index contributed by atoms with van der Waals surface area (Å²) in [6.45, 7) is 10.2. The van der Waals surface area contributed by atoms with E-state index in [1.807, 2.05) is 67.6 Å². The number of methoxy groups -OCH3 is 1. The Bertz CT molecular complexity index is 2100. The smallest absolute Gasteiger partial charge is 0.271 e. The van der Waals surface area contributed by atoms with E-state index in [9.17, 15) is 9.59 Å². The lowest BCUT2D eigenvalue weighted by atomic mass is 9.95. The molecule has 0 radical (unpaired) electrons. The number of hydrogen-bond donors (Lipinski definition) is 1. The van der Waals surface area contributed by atoms with E-state index in [1.54, 1.807) is 11.7 Å². The molecule has 0 saturated carbocycles. The highest BCUT2D eigenvalue weighted by Gasteiger charge is 2.32. The van der Waals surface area contributed by atoms with Crippen LogP contribution in [-0.4, -0.2) is 22.2 Å². The van der Waals surface area contributed by atoms with Gasteiger partial charge in [-0.3, -0.25) is 14.2 Å². The molecule has 0 fully saturated rings. The van der Waals surface area contributed by atoms with Crippen LogP contribution in [0.3, 0.4) is 0 Å². The Balaban J connectivity index is 1.50. The quantitative estimate of drug-likeness (QED) is 0.263. The molecule has 0 spiro atoms. The van der Waals surface area contributed by atoms with Crippen LogP contribution in [0.25, 0.3) is 11.8 Å². The van der Waals surface area contributed by atoms with Crippen LogP contribution in [0.4, 0.5) is 5.69 Å². The number of hydrogen-bond acceptors (Lipinski definition) is 5. The average Bonchev–Trinajstić information content (AvgIpc) is 3.46. The number of para-hydroxylation sites is 2. The highest BCUT2D eigenvalue weighted by atomic mass is 32.1. The number of aromatic nitrogens is 2. The number of carbonyl (C=O) groups excluding carboxylic acids is 1. The second-order valence-corrected chi connectivity index (χ2v) is 12.1. The predicted molar refractivity (Wildman–Crippen MR) is 177 cm³/mol. The molecule has 6 rings (SSSR count). The van der Waals surface area contributed by atoms with Crippen LogP contribution in [0.5, 0.6) is 5.75 Å². The first-order valence-electron chi connectivity index (χ1n) is 14.5. The maximum atomic E-state index is 14.2. The lowest BCUT2D eigenvalue weighted by molar-refractivity contribution is -0.113. The summed E-state index contributed by atoms with van der Waals surface area (Å²) in [4.78, 5) is 33.4. The zero-order valence-corrected chi connectivity index (χ0v) is 26.5. The molecule has 0 aliphatic carbocycles. The van der Waals surface area contributed by atoms with Gasteiger partial charge >= 0.3 is 0 Å². The maximum Gasteiger partial charge on any atom is 0.271 e. The van der Waals surface area contributed by atoms with Crippen LogP contribution >= 0.6 is 11.3 Å². The molecule has 7 nitrogen and oxygen atoms in total. The number of nitrogens with one attached hydrogen (secondary N) is 1. The summed E-state index contributed by atoms with van der Waals surface area (Å²) < 4.78 is 9.84. The van der Waals surface area contributed by atoms with Crippen LogP contribution in [-0.2, 0) is 4.79 Å². The van der Waals surface area contributed by atoms with Crippen molar-refractivity contribution in [3.05, 3.63) is 143 Å². The number of ether oxygens (including phenoxy) is 1. The van der Waals surface area contributed by atoms with E-state index in [4.69, 9.17) is 9.73 Å². The molecule has 44 heavy (non-hydrogen) atoms. The first-order valence-corrected chi connectivity index (χ1v) is 15.3. The van der Waals surface area contributed by atoms with Crippen molar-refractivity contribution >= 4 is 29.0 Å². The van der Waals surface area contributed by atoms with Gasteiger partial charge in [-0.05, 0) is 93.3 Å².